The standard InChI is InChI=1S/C10H13FN2O2.ClH/c11-9-4-2-1-3-7(9)5-8(12)6-15-10(13)14;/h1-4,8H,5-6,12H2,(H2,13,14);1H. The number of benzene rings is 1. The number of ether oxygens (including phenoxy) is 1. The van der Waals surface area contributed by atoms with Gasteiger partial charge in [-0.05, 0) is 18.1 Å². The molecule has 0 spiro atoms. The summed E-state index contributed by atoms with van der Waals surface area (Å²) in [6, 6.07) is 5.87. The molecule has 1 aromatic rings. The smallest absolute Gasteiger partial charge is 0.404 e. The number of carbonyl (C=O) groups excluding carboxylic acids is 1. The summed E-state index contributed by atoms with van der Waals surface area (Å²) in [7, 11) is 0. The molecule has 4 N–H and O–H groups in total. The van der Waals surface area contributed by atoms with Crippen LogP contribution in [-0.2, 0) is 11.2 Å². The first-order valence-corrected chi connectivity index (χ1v) is 4.51. The van der Waals surface area contributed by atoms with Crippen LogP contribution in [0.4, 0.5) is 9.18 Å². The Bertz CT molecular complexity index is 349. The number of hydrogen-bond donors (Lipinski definition) is 2. The van der Waals surface area contributed by atoms with Gasteiger partial charge >= 0.3 is 6.09 Å². The number of amides is 1. The van der Waals surface area contributed by atoms with Crippen molar-refractivity contribution in [3.05, 3.63) is 35.6 Å². The minimum Gasteiger partial charge on any atom is -0.448 e. The van der Waals surface area contributed by atoms with Crippen molar-refractivity contribution >= 4 is 18.5 Å². The third-order valence-corrected chi connectivity index (χ3v) is 1.88. The lowest BCUT2D eigenvalue weighted by Gasteiger charge is -2.11. The summed E-state index contributed by atoms with van der Waals surface area (Å²) in [4.78, 5) is 10.3. The van der Waals surface area contributed by atoms with Gasteiger partial charge in [-0.2, -0.15) is 0 Å². The van der Waals surface area contributed by atoms with Crippen LogP contribution in [0.3, 0.4) is 0 Å². The van der Waals surface area contributed by atoms with Gasteiger partial charge < -0.3 is 16.2 Å². The fourth-order valence-electron chi connectivity index (χ4n) is 1.19. The van der Waals surface area contributed by atoms with Gasteiger partial charge in [0.25, 0.3) is 0 Å². The van der Waals surface area contributed by atoms with Crippen LogP contribution in [0.15, 0.2) is 24.3 Å². The van der Waals surface area contributed by atoms with Crippen molar-refractivity contribution in [2.24, 2.45) is 11.5 Å². The average Bonchev–Trinajstić information content (AvgIpc) is 2.18. The third kappa shape index (κ3) is 4.95. The normalized spacial score (nSPS) is 11.4. The SMILES string of the molecule is Cl.NC(=O)OCC(N)Cc1ccccc1F. The summed E-state index contributed by atoms with van der Waals surface area (Å²) in [5.74, 6) is -0.313. The minimum absolute atomic E-state index is 0. The highest BCUT2D eigenvalue weighted by atomic mass is 35.5. The summed E-state index contributed by atoms with van der Waals surface area (Å²) in [6.07, 6.45) is -0.570. The lowest BCUT2D eigenvalue weighted by Crippen LogP contribution is -2.31. The lowest BCUT2D eigenvalue weighted by atomic mass is 10.1. The molecule has 0 radical (unpaired) electrons. The molecular weight excluding hydrogens is 235 g/mol. The quantitative estimate of drug-likeness (QED) is 0.841. The first kappa shape index (κ1) is 14.7. The summed E-state index contributed by atoms with van der Waals surface area (Å²) < 4.78 is 17.7. The Morgan fingerprint density at radius 1 is 1.44 bits per heavy atom. The minimum atomic E-state index is -0.876. The van der Waals surface area contributed by atoms with Gasteiger partial charge in [-0.3, -0.25) is 0 Å². The van der Waals surface area contributed by atoms with Crippen LogP contribution in [0.1, 0.15) is 5.56 Å². The number of rotatable bonds is 4. The Hall–Kier alpha value is -1.33. The van der Waals surface area contributed by atoms with E-state index in [1.54, 1.807) is 18.2 Å². The van der Waals surface area contributed by atoms with Gasteiger partial charge in [0, 0.05) is 6.04 Å². The molecule has 6 heteroatoms. The molecule has 0 aliphatic carbocycles. The Morgan fingerprint density at radius 3 is 2.62 bits per heavy atom. The topological polar surface area (TPSA) is 78.3 Å². The second-order valence-corrected chi connectivity index (χ2v) is 3.19. The molecule has 90 valence electrons. The highest BCUT2D eigenvalue weighted by Gasteiger charge is 2.09. The van der Waals surface area contributed by atoms with Crippen molar-refractivity contribution in [3.8, 4) is 0 Å². The zero-order valence-corrected chi connectivity index (χ0v) is 9.37. The van der Waals surface area contributed by atoms with Crippen molar-refractivity contribution in [3.63, 3.8) is 0 Å². The molecule has 1 rings (SSSR count). The van der Waals surface area contributed by atoms with Gasteiger partial charge in [-0.15, -0.1) is 12.4 Å². The average molecular weight is 249 g/mol. The number of primary amides is 1. The lowest BCUT2D eigenvalue weighted by molar-refractivity contribution is 0.149. The highest BCUT2D eigenvalue weighted by Crippen LogP contribution is 2.08. The van der Waals surface area contributed by atoms with Crippen molar-refractivity contribution in [2.75, 3.05) is 6.61 Å². The molecule has 0 saturated heterocycles. The van der Waals surface area contributed by atoms with Crippen LogP contribution >= 0.6 is 12.4 Å². The molecule has 0 aliphatic heterocycles. The van der Waals surface area contributed by atoms with E-state index in [0.29, 0.717) is 12.0 Å². The second-order valence-electron chi connectivity index (χ2n) is 3.19. The largest absolute Gasteiger partial charge is 0.448 e. The Balaban J connectivity index is 0.00000225. The fourth-order valence-corrected chi connectivity index (χ4v) is 1.19. The summed E-state index contributed by atoms with van der Waals surface area (Å²) in [6.45, 7) is -0.0103. The Labute approximate surface area is 99.2 Å². The monoisotopic (exact) mass is 248 g/mol. The van der Waals surface area contributed by atoms with E-state index in [2.05, 4.69) is 4.74 Å². The van der Waals surface area contributed by atoms with E-state index in [1.165, 1.54) is 6.07 Å². The molecule has 0 aliphatic rings. The third-order valence-electron chi connectivity index (χ3n) is 1.88. The zero-order valence-electron chi connectivity index (χ0n) is 8.56. The molecule has 1 unspecified atom stereocenters. The molecule has 1 aromatic carbocycles. The Morgan fingerprint density at radius 2 is 2.06 bits per heavy atom. The summed E-state index contributed by atoms with van der Waals surface area (Å²) in [5, 5.41) is 0. The van der Waals surface area contributed by atoms with Crippen molar-refractivity contribution in [1.29, 1.82) is 0 Å². The predicted molar refractivity (Wildman–Crippen MR) is 60.9 cm³/mol. The van der Waals surface area contributed by atoms with Crippen LogP contribution < -0.4 is 11.5 Å². The maximum atomic E-state index is 13.2. The van der Waals surface area contributed by atoms with E-state index in [4.69, 9.17) is 11.5 Å². The van der Waals surface area contributed by atoms with Crippen molar-refractivity contribution < 1.29 is 13.9 Å². The fraction of sp³-hybridized carbons (Fsp3) is 0.300. The van der Waals surface area contributed by atoms with Gasteiger partial charge in [-0.1, -0.05) is 18.2 Å². The van der Waals surface area contributed by atoms with Gasteiger partial charge in [0.15, 0.2) is 0 Å². The summed E-state index contributed by atoms with van der Waals surface area (Å²) >= 11 is 0. The number of halogens is 2. The predicted octanol–water partition coefficient (Wildman–Crippen LogP) is 1.21. The highest BCUT2D eigenvalue weighted by molar-refractivity contribution is 5.85. The molecule has 16 heavy (non-hydrogen) atoms. The Kier molecular flexibility index (Phi) is 6.44. The maximum absolute atomic E-state index is 13.2. The van der Waals surface area contributed by atoms with E-state index in [0.717, 1.165) is 0 Å². The first-order chi connectivity index (χ1) is 7.09. The molecular formula is C10H14ClFN2O2. The molecule has 0 heterocycles. The molecule has 0 aromatic heterocycles. The molecule has 0 saturated carbocycles. The molecule has 4 nitrogen and oxygen atoms in total. The number of carbonyl (C=O) groups is 1. The van der Waals surface area contributed by atoms with Crippen LogP contribution in [0.25, 0.3) is 0 Å². The van der Waals surface area contributed by atoms with Gasteiger partial charge in [-0.25, -0.2) is 9.18 Å². The molecule has 1 amide bonds. The van der Waals surface area contributed by atoms with Crippen LogP contribution in [0.5, 0.6) is 0 Å². The maximum Gasteiger partial charge on any atom is 0.404 e. The van der Waals surface area contributed by atoms with E-state index in [-0.39, 0.29) is 24.8 Å². The number of hydrogen-bond acceptors (Lipinski definition) is 3. The second kappa shape index (κ2) is 7.03. The molecule has 0 bridgehead atoms. The van der Waals surface area contributed by atoms with Gasteiger partial charge in [0.2, 0.25) is 0 Å². The van der Waals surface area contributed by atoms with E-state index in [1.807, 2.05) is 0 Å². The van der Waals surface area contributed by atoms with Crippen LogP contribution in [0, 0.1) is 5.82 Å². The van der Waals surface area contributed by atoms with Gasteiger partial charge in [0.05, 0.1) is 0 Å². The van der Waals surface area contributed by atoms with E-state index < -0.39 is 12.1 Å². The zero-order chi connectivity index (χ0) is 11.3. The molecule has 0 fully saturated rings. The number of nitrogens with two attached hydrogens (primary N) is 2. The first-order valence-electron chi connectivity index (χ1n) is 4.51. The van der Waals surface area contributed by atoms with Crippen LogP contribution in [-0.4, -0.2) is 18.7 Å². The van der Waals surface area contributed by atoms with Crippen LogP contribution in [0.2, 0.25) is 0 Å². The summed E-state index contributed by atoms with van der Waals surface area (Å²) in [5.41, 5.74) is 10.9. The van der Waals surface area contributed by atoms with Gasteiger partial charge in [0.1, 0.15) is 12.4 Å². The van der Waals surface area contributed by atoms with Crippen molar-refractivity contribution in [1.82, 2.24) is 0 Å². The van der Waals surface area contributed by atoms with E-state index >= 15 is 0 Å². The molecule has 1 atom stereocenters. The van der Waals surface area contributed by atoms with Crippen molar-refractivity contribution in [2.45, 2.75) is 12.5 Å². The van der Waals surface area contributed by atoms with E-state index in [9.17, 15) is 9.18 Å².